The van der Waals surface area contributed by atoms with Gasteiger partial charge in [-0.05, 0) is 54.1 Å². The van der Waals surface area contributed by atoms with Crippen molar-refractivity contribution in [1.29, 1.82) is 0 Å². The maximum atomic E-state index is 12.9. The Morgan fingerprint density at radius 3 is 2.44 bits per heavy atom. The Morgan fingerprint density at radius 2 is 1.76 bits per heavy atom. The van der Waals surface area contributed by atoms with E-state index in [0.29, 0.717) is 23.7 Å². The van der Waals surface area contributed by atoms with E-state index >= 15 is 0 Å². The second-order valence-electron chi connectivity index (χ2n) is 5.32. The first-order valence-corrected chi connectivity index (χ1v) is 8.73. The predicted octanol–water partition coefficient (Wildman–Crippen LogP) is 4.77. The average Bonchev–Trinajstić information content (AvgIpc) is 2.67. The van der Waals surface area contributed by atoms with Gasteiger partial charge >= 0.3 is 0 Å². The van der Waals surface area contributed by atoms with Crippen molar-refractivity contribution in [3.63, 3.8) is 0 Å². The molecule has 0 aliphatic heterocycles. The SMILES string of the molecule is O=C(CSc1ccccn1)c1ccc(OCc2ccc(F)cc2)cc1. The van der Waals surface area contributed by atoms with Gasteiger partial charge in [0.1, 0.15) is 18.2 Å². The third-order valence-corrected chi connectivity index (χ3v) is 4.43. The van der Waals surface area contributed by atoms with Crippen LogP contribution in [0.1, 0.15) is 15.9 Å². The summed E-state index contributed by atoms with van der Waals surface area (Å²) in [5.74, 6) is 0.779. The van der Waals surface area contributed by atoms with Crippen molar-refractivity contribution in [2.75, 3.05) is 5.75 Å². The topological polar surface area (TPSA) is 39.2 Å². The molecule has 0 amide bonds. The Hall–Kier alpha value is -2.66. The molecule has 0 saturated carbocycles. The molecule has 3 rings (SSSR count). The molecule has 0 saturated heterocycles. The minimum Gasteiger partial charge on any atom is -0.489 e. The molecule has 0 spiro atoms. The maximum Gasteiger partial charge on any atom is 0.173 e. The van der Waals surface area contributed by atoms with Crippen LogP contribution in [0.2, 0.25) is 0 Å². The van der Waals surface area contributed by atoms with Crippen LogP contribution in [0.15, 0.2) is 78.0 Å². The highest BCUT2D eigenvalue weighted by molar-refractivity contribution is 7.99. The summed E-state index contributed by atoms with van der Waals surface area (Å²) < 4.78 is 18.5. The lowest BCUT2D eigenvalue weighted by Gasteiger charge is -2.07. The number of nitrogens with zero attached hydrogens (tertiary/aromatic N) is 1. The number of carbonyl (C=O) groups excluding carboxylic acids is 1. The van der Waals surface area contributed by atoms with Crippen LogP contribution in [0.25, 0.3) is 0 Å². The van der Waals surface area contributed by atoms with Crippen molar-refractivity contribution in [3.8, 4) is 5.75 Å². The first-order valence-electron chi connectivity index (χ1n) is 7.75. The van der Waals surface area contributed by atoms with Crippen LogP contribution in [0, 0.1) is 5.82 Å². The summed E-state index contributed by atoms with van der Waals surface area (Å²) in [6.45, 7) is 0.350. The van der Waals surface area contributed by atoms with E-state index in [1.807, 2.05) is 18.2 Å². The zero-order valence-electron chi connectivity index (χ0n) is 13.4. The van der Waals surface area contributed by atoms with Crippen LogP contribution in [0.3, 0.4) is 0 Å². The molecule has 0 bridgehead atoms. The number of ether oxygens (including phenoxy) is 1. The molecule has 0 aliphatic rings. The molecule has 0 fully saturated rings. The van der Waals surface area contributed by atoms with Crippen molar-refractivity contribution < 1.29 is 13.9 Å². The second-order valence-corrected chi connectivity index (χ2v) is 6.31. The number of hydrogen-bond acceptors (Lipinski definition) is 4. The molecule has 25 heavy (non-hydrogen) atoms. The van der Waals surface area contributed by atoms with Gasteiger partial charge in [-0.15, -0.1) is 0 Å². The summed E-state index contributed by atoms with van der Waals surface area (Å²) >= 11 is 1.41. The van der Waals surface area contributed by atoms with Crippen LogP contribution in [0.5, 0.6) is 5.75 Å². The number of hydrogen-bond donors (Lipinski definition) is 0. The van der Waals surface area contributed by atoms with Gasteiger partial charge in [0, 0.05) is 11.8 Å². The molecule has 0 atom stereocenters. The van der Waals surface area contributed by atoms with Crippen LogP contribution < -0.4 is 4.74 Å². The molecule has 0 aliphatic carbocycles. The van der Waals surface area contributed by atoms with Crippen molar-refractivity contribution in [1.82, 2.24) is 4.98 Å². The van der Waals surface area contributed by atoms with Crippen molar-refractivity contribution in [2.45, 2.75) is 11.6 Å². The summed E-state index contributed by atoms with van der Waals surface area (Å²) in [6, 6.07) is 18.8. The van der Waals surface area contributed by atoms with E-state index < -0.39 is 0 Å². The number of rotatable bonds is 7. The van der Waals surface area contributed by atoms with Gasteiger partial charge in [0.15, 0.2) is 5.78 Å². The molecule has 126 valence electrons. The van der Waals surface area contributed by atoms with E-state index in [1.165, 1.54) is 23.9 Å². The highest BCUT2D eigenvalue weighted by atomic mass is 32.2. The zero-order chi connectivity index (χ0) is 17.5. The first kappa shape index (κ1) is 17.2. The summed E-state index contributed by atoms with van der Waals surface area (Å²) in [4.78, 5) is 16.4. The summed E-state index contributed by atoms with van der Waals surface area (Å²) in [5, 5.41) is 0.829. The van der Waals surface area contributed by atoms with Gasteiger partial charge in [-0.25, -0.2) is 9.37 Å². The molecule has 0 radical (unpaired) electrons. The maximum absolute atomic E-state index is 12.9. The Balaban J connectivity index is 1.52. The quantitative estimate of drug-likeness (QED) is 0.453. The average molecular weight is 353 g/mol. The van der Waals surface area contributed by atoms with Crippen LogP contribution in [0.4, 0.5) is 4.39 Å². The van der Waals surface area contributed by atoms with Gasteiger partial charge in [0.2, 0.25) is 0 Å². The standard InChI is InChI=1S/C20H16FNO2S/c21-17-8-4-15(5-9-17)13-24-18-10-6-16(7-11-18)19(23)14-25-20-3-1-2-12-22-20/h1-12H,13-14H2. The fourth-order valence-electron chi connectivity index (χ4n) is 2.14. The lowest BCUT2D eigenvalue weighted by atomic mass is 10.1. The lowest BCUT2D eigenvalue weighted by molar-refractivity contribution is 0.102. The van der Waals surface area contributed by atoms with Gasteiger partial charge in [-0.1, -0.05) is 30.0 Å². The zero-order valence-corrected chi connectivity index (χ0v) is 14.2. The largest absolute Gasteiger partial charge is 0.489 e. The molecular weight excluding hydrogens is 337 g/mol. The minimum absolute atomic E-state index is 0.0423. The molecule has 0 N–H and O–H groups in total. The number of pyridine rings is 1. The third kappa shape index (κ3) is 5.16. The number of halogens is 1. The van der Waals surface area contributed by atoms with Crippen LogP contribution in [-0.4, -0.2) is 16.5 Å². The Bertz CT molecular complexity index is 821. The van der Waals surface area contributed by atoms with E-state index in [-0.39, 0.29) is 11.6 Å². The number of ketones is 1. The molecule has 3 nitrogen and oxygen atoms in total. The third-order valence-electron chi connectivity index (χ3n) is 3.48. The van der Waals surface area contributed by atoms with Crippen molar-refractivity contribution >= 4 is 17.5 Å². The Morgan fingerprint density at radius 1 is 1.00 bits per heavy atom. The predicted molar refractivity (Wildman–Crippen MR) is 96.5 cm³/mol. The molecule has 5 heteroatoms. The van der Waals surface area contributed by atoms with Crippen LogP contribution in [-0.2, 0) is 6.61 Å². The molecule has 1 aromatic heterocycles. The number of aromatic nitrogens is 1. The summed E-state index contributed by atoms with van der Waals surface area (Å²) in [6.07, 6.45) is 1.71. The Labute approximate surface area is 149 Å². The summed E-state index contributed by atoms with van der Waals surface area (Å²) in [5.41, 5.74) is 1.52. The molecule has 1 heterocycles. The number of carbonyl (C=O) groups is 1. The fourth-order valence-corrected chi connectivity index (χ4v) is 2.90. The number of Topliss-reactive ketones (excluding diaryl/α,β-unsaturated/α-hetero) is 1. The van der Waals surface area contributed by atoms with Gasteiger partial charge in [0.05, 0.1) is 10.8 Å². The normalized spacial score (nSPS) is 10.4. The lowest BCUT2D eigenvalue weighted by Crippen LogP contribution is -2.03. The van der Waals surface area contributed by atoms with E-state index in [2.05, 4.69) is 4.98 Å². The van der Waals surface area contributed by atoms with Gasteiger partial charge < -0.3 is 4.74 Å². The highest BCUT2D eigenvalue weighted by Crippen LogP contribution is 2.19. The van der Waals surface area contributed by atoms with E-state index in [9.17, 15) is 9.18 Å². The van der Waals surface area contributed by atoms with E-state index in [0.717, 1.165) is 10.6 Å². The van der Waals surface area contributed by atoms with Gasteiger partial charge in [-0.2, -0.15) is 0 Å². The number of benzene rings is 2. The number of thioether (sulfide) groups is 1. The minimum atomic E-state index is -0.268. The van der Waals surface area contributed by atoms with Gasteiger partial charge in [-0.3, -0.25) is 4.79 Å². The smallest absolute Gasteiger partial charge is 0.173 e. The van der Waals surface area contributed by atoms with E-state index in [4.69, 9.17) is 4.74 Å². The monoisotopic (exact) mass is 353 g/mol. The second kappa shape index (κ2) is 8.44. The molecule has 0 unspecified atom stereocenters. The van der Waals surface area contributed by atoms with Crippen LogP contribution >= 0.6 is 11.8 Å². The van der Waals surface area contributed by atoms with Crippen molar-refractivity contribution in [3.05, 3.63) is 89.9 Å². The molecule has 3 aromatic rings. The first-order chi connectivity index (χ1) is 12.2. The highest BCUT2D eigenvalue weighted by Gasteiger charge is 2.07. The van der Waals surface area contributed by atoms with Crippen molar-refractivity contribution in [2.24, 2.45) is 0 Å². The Kier molecular flexibility index (Phi) is 5.80. The fraction of sp³-hybridized carbons (Fsp3) is 0.100. The summed E-state index contributed by atoms with van der Waals surface area (Å²) in [7, 11) is 0. The molecule has 2 aromatic carbocycles. The van der Waals surface area contributed by atoms with Gasteiger partial charge in [0.25, 0.3) is 0 Å². The van der Waals surface area contributed by atoms with E-state index in [1.54, 1.807) is 42.6 Å². The molecular formula is C20H16FNO2S.